The lowest BCUT2D eigenvalue weighted by Gasteiger charge is -2.12. The number of nitrogens with zero attached hydrogens (tertiary/aromatic N) is 1. The quantitative estimate of drug-likeness (QED) is 0.847. The molecule has 118 valence electrons. The first-order valence-electron chi connectivity index (χ1n) is 7.83. The number of benzene rings is 2. The molecule has 0 aliphatic carbocycles. The van der Waals surface area contributed by atoms with Crippen molar-refractivity contribution in [2.75, 3.05) is 27.2 Å². The van der Waals surface area contributed by atoms with Crippen LogP contribution in [0.15, 0.2) is 48.5 Å². The highest BCUT2D eigenvalue weighted by Gasteiger charge is 2.04. The minimum atomic E-state index is 0.126. The van der Waals surface area contributed by atoms with Crippen LogP contribution in [-0.2, 0) is 0 Å². The van der Waals surface area contributed by atoms with Gasteiger partial charge in [-0.15, -0.1) is 0 Å². The molecule has 0 bridgehead atoms. The fourth-order valence-corrected chi connectivity index (χ4v) is 2.25. The maximum atomic E-state index is 6.05. The average Bonchev–Trinajstić information content (AvgIpc) is 2.54. The molecule has 2 aromatic rings. The lowest BCUT2D eigenvalue weighted by Crippen LogP contribution is -2.19. The average molecular weight is 298 g/mol. The predicted octanol–water partition coefficient (Wildman–Crippen LogP) is 3.70. The second-order valence-electron chi connectivity index (χ2n) is 5.81. The summed E-state index contributed by atoms with van der Waals surface area (Å²) in [5, 5.41) is 0. The Morgan fingerprint density at radius 2 is 1.50 bits per heavy atom. The summed E-state index contributed by atoms with van der Waals surface area (Å²) in [5.74, 6) is 0.912. The molecule has 22 heavy (non-hydrogen) atoms. The van der Waals surface area contributed by atoms with Gasteiger partial charge in [-0.25, -0.2) is 0 Å². The summed E-state index contributed by atoms with van der Waals surface area (Å²) in [6.45, 7) is 3.73. The molecule has 0 saturated heterocycles. The van der Waals surface area contributed by atoms with Crippen LogP contribution in [0, 0.1) is 0 Å². The van der Waals surface area contributed by atoms with E-state index in [4.69, 9.17) is 10.5 Å². The second-order valence-corrected chi connectivity index (χ2v) is 5.81. The Balaban J connectivity index is 2.00. The van der Waals surface area contributed by atoms with Gasteiger partial charge in [0.15, 0.2) is 0 Å². The van der Waals surface area contributed by atoms with E-state index in [0.717, 1.165) is 18.7 Å². The highest BCUT2D eigenvalue weighted by molar-refractivity contribution is 5.64. The zero-order chi connectivity index (χ0) is 15.9. The topological polar surface area (TPSA) is 38.5 Å². The van der Waals surface area contributed by atoms with E-state index in [2.05, 4.69) is 48.2 Å². The van der Waals surface area contributed by atoms with E-state index in [9.17, 15) is 0 Å². The summed E-state index contributed by atoms with van der Waals surface area (Å²) in [6.07, 6.45) is 0.957. The van der Waals surface area contributed by atoms with Crippen molar-refractivity contribution < 1.29 is 4.74 Å². The summed E-state index contributed by atoms with van der Waals surface area (Å²) in [6, 6.07) is 16.9. The van der Waals surface area contributed by atoms with Gasteiger partial charge in [-0.2, -0.15) is 0 Å². The van der Waals surface area contributed by atoms with Crippen LogP contribution in [-0.4, -0.2) is 32.1 Å². The van der Waals surface area contributed by atoms with E-state index in [1.165, 1.54) is 16.7 Å². The third-order valence-electron chi connectivity index (χ3n) is 3.77. The summed E-state index contributed by atoms with van der Waals surface area (Å²) in [7, 11) is 4.08. The zero-order valence-corrected chi connectivity index (χ0v) is 13.8. The van der Waals surface area contributed by atoms with Crippen LogP contribution >= 0.6 is 0 Å². The van der Waals surface area contributed by atoms with Crippen molar-refractivity contribution in [2.45, 2.75) is 19.4 Å². The molecule has 3 heteroatoms. The lowest BCUT2D eigenvalue weighted by atomic mass is 10.00. The normalized spacial score (nSPS) is 12.4. The summed E-state index contributed by atoms with van der Waals surface area (Å²) >= 11 is 0. The molecule has 0 radical (unpaired) electrons. The maximum absolute atomic E-state index is 6.05. The number of hydrogen-bond acceptors (Lipinski definition) is 3. The Bertz CT molecular complexity index is 561. The molecule has 0 spiro atoms. The van der Waals surface area contributed by atoms with Crippen LogP contribution in [0.1, 0.15) is 24.9 Å². The molecule has 0 heterocycles. The fraction of sp³-hybridized carbons (Fsp3) is 0.368. The Morgan fingerprint density at radius 1 is 0.955 bits per heavy atom. The van der Waals surface area contributed by atoms with Gasteiger partial charge < -0.3 is 15.4 Å². The number of rotatable bonds is 7. The standard InChI is InChI=1S/C19H26N2O/c1-4-19(20)17-7-5-15(6-8-17)16-9-11-18(12-10-16)22-14-13-21(2)3/h5-12,19H,4,13-14,20H2,1-3H3. The third-order valence-corrected chi connectivity index (χ3v) is 3.77. The molecule has 1 unspecified atom stereocenters. The molecule has 0 aliphatic rings. The minimum Gasteiger partial charge on any atom is -0.492 e. The monoisotopic (exact) mass is 298 g/mol. The summed E-state index contributed by atoms with van der Waals surface area (Å²) in [4.78, 5) is 2.11. The number of hydrogen-bond donors (Lipinski definition) is 1. The van der Waals surface area contributed by atoms with Crippen LogP contribution in [0.2, 0.25) is 0 Å². The van der Waals surface area contributed by atoms with Gasteiger partial charge in [0, 0.05) is 12.6 Å². The molecule has 0 fully saturated rings. The van der Waals surface area contributed by atoms with Gasteiger partial charge in [0.25, 0.3) is 0 Å². The first kappa shape index (κ1) is 16.5. The minimum absolute atomic E-state index is 0.126. The first-order chi connectivity index (χ1) is 10.6. The molecule has 1 atom stereocenters. The highest BCUT2D eigenvalue weighted by Crippen LogP contribution is 2.24. The van der Waals surface area contributed by atoms with Gasteiger partial charge in [-0.1, -0.05) is 43.3 Å². The SMILES string of the molecule is CCC(N)c1ccc(-c2ccc(OCCN(C)C)cc2)cc1. The lowest BCUT2D eigenvalue weighted by molar-refractivity contribution is 0.261. The molecule has 2 N–H and O–H groups in total. The Labute approximate surface area is 133 Å². The van der Waals surface area contributed by atoms with Crippen LogP contribution in [0.3, 0.4) is 0 Å². The van der Waals surface area contributed by atoms with Crippen molar-refractivity contribution in [2.24, 2.45) is 5.73 Å². The molecular formula is C19H26N2O. The predicted molar refractivity (Wildman–Crippen MR) is 93.1 cm³/mol. The highest BCUT2D eigenvalue weighted by atomic mass is 16.5. The van der Waals surface area contributed by atoms with Crippen molar-refractivity contribution in [3.05, 3.63) is 54.1 Å². The van der Waals surface area contributed by atoms with Crippen molar-refractivity contribution in [3.8, 4) is 16.9 Å². The van der Waals surface area contributed by atoms with Gasteiger partial charge in [-0.3, -0.25) is 0 Å². The smallest absolute Gasteiger partial charge is 0.119 e. The molecule has 2 rings (SSSR count). The number of ether oxygens (including phenoxy) is 1. The van der Waals surface area contributed by atoms with Gasteiger partial charge in [0.2, 0.25) is 0 Å². The largest absolute Gasteiger partial charge is 0.492 e. The molecule has 0 saturated carbocycles. The first-order valence-corrected chi connectivity index (χ1v) is 7.83. The van der Waals surface area contributed by atoms with Crippen molar-refractivity contribution in [1.29, 1.82) is 0 Å². The van der Waals surface area contributed by atoms with Crippen LogP contribution in [0.4, 0.5) is 0 Å². The van der Waals surface area contributed by atoms with E-state index in [-0.39, 0.29) is 6.04 Å². The molecule has 2 aromatic carbocycles. The van der Waals surface area contributed by atoms with E-state index >= 15 is 0 Å². The van der Waals surface area contributed by atoms with Gasteiger partial charge in [0.05, 0.1) is 0 Å². The van der Waals surface area contributed by atoms with E-state index < -0.39 is 0 Å². The van der Waals surface area contributed by atoms with E-state index in [1.807, 2.05) is 26.2 Å². The Morgan fingerprint density at radius 3 is 2.00 bits per heavy atom. The van der Waals surface area contributed by atoms with Crippen LogP contribution in [0.5, 0.6) is 5.75 Å². The number of likely N-dealkylation sites (N-methyl/N-ethyl adjacent to an activating group) is 1. The molecule has 0 amide bonds. The van der Waals surface area contributed by atoms with E-state index in [1.54, 1.807) is 0 Å². The van der Waals surface area contributed by atoms with Crippen LogP contribution in [0.25, 0.3) is 11.1 Å². The van der Waals surface area contributed by atoms with Gasteiger partial charge >= 0.3 is 0 Å². The second kappa shape index (κ2) is 7.97. The molecule has 3 nitrogen and oxygen atoms in total. The third kappa shape index (κ3) is 4.58. The summed E-state index contributed by atoms with van der Waals surface area (Å²) in [5.41, 5.74) is 9.63. The van der Waals surface area contributed by atoms with Crippen LogP contribution < -0.4 is 10.5 Å². The Hall–Kier alpha value is -1.84. The van der Waals surface area contributed by atoms with Crippen molar-refractivity contribution in [3.63, 3.8) is 0 Å². The zero-order valence-electron chi connectivity index (χ0n) is 13.8. The fourth-order valence-electron chi connectivity index (χ4n) is 2.25. The number of nitrogens with two attached hydrogens (primary N) is 1. The van der Waals surface area contributed by atoms with Gasteiger partial charge in [0.1, 0.15) is 12.4 Å². The maximum Gasteiger partial charge on any atom is 0.119 e. The van der Waals surface area contributed by atoms with Crippen molar-refractivity contribution in [1.82, 2.24) is 4.90 Å². The Kier molecular flexibility index (Phi) is 5.99. The molecule has 0 aromatic heterocycles. The molecular weight excluding hydrogens is 272 g/mol. The van der Waals surface area contributed by atoms with E-state index in [0.29, 0.717) is 6.61 Å². The van der Waals surface area contributed by atoms with Gasteiger partial charge in [-0.05, 0) is 49.3 Å². The molecule has 0 aliphatic heterocycles. The van der Waals surface area contributed by atoms with Crippen molar-refractivity contribution >= 4 is 0 Å². The summed E-state index contributed by atoms with van der Waals surface area (Å²) < 4.78 is 5.71.